The van der Waals surface area contributed by atoms with Gasteiger partial charge in [-0.05, 0) is 42.7 Å². The SMILES string of the molecule is O=C(c1ccncc1)N1CCN(C[C@H]2C[C@@H]3C=C[C@H]2C3)CC1. The quantitative estimate of drug-likeness (QED) is 0.801. The molecular weight excluding hydrogens is 274 g/mol. The van der Waals surface area contributed by atoms with Crippen molar-refractivity contribution in [2.45, 2.75) is 12.8 Å². The molecule has 0 unspecified atom stereocenters. The summed E-state index contributed by atoms with van der Waals surface area (Å²) in [5, 5.41) is 0. The summed E-state index contributed by atoms with van der Waals surface area (Å²) in [6.45, 7) is 4.92. The Balaban J connectivity index is 1.29. The fraction of sp³-hybridized carbons (Fsp3) is 0.556. The van der Waals surface area contributed by atoms with E-state index in [0.29, 0.717) is 0 Å². The van der Waals surface area contributed by atoms with Gasteiger partial charge in [0.2, 0.25) is 0 Å². The zero-order valence-electron chi connectivity index (χ0n) is 12.9. The van der Waals surface area contributed by atoms with Gasteiger partial charge in [-0.25, -0.2) is 0 Å². The van der Waals surface area contributed by atoms with Gasteiger partial charge in [0.05, 0.1) is 0 Å². The third kappa shape index (κ3) is 2.68. The van der Waals surface area contributed by atoms with E-state index in [1.807, 2.05) is 4.90 Å². The van der Waals surface area contributed by atoms with Gasteiger partial charge in [-0.15, -0.1) is 0 Å². The van der Waals surface area contributed by atoms with Gasteiger partial charge in [-0.1, -0.05) is 12.2 Å². The first kappa shape index (κ1) is 13.9. The second-order valence-corrected chi connectivity index (χ2v) is 6.87. The molecule has 2 heterocycles. The van der Waals surface area contributed by atoms with E-state index in [0.717, 1.165) is 49.5 Å². The van der Waals surface area contributed by atoms with Gasteiger partial charge >= 0.3 is 0 Å². The van der Waals surface area contributed by atoms with E-state index in [4.69, 9.17) is 0 Å². The molecule has 0 N–H and O–H groups in total. The highest BCUT2D eigenvalue weighted by molar-refractivity contribution is 5.94. The van der Waals surface area contributed by atoms with Crippen LogP contribution in [0.1, 0.15) is 23.2 Å². The maximum atomic E-state index is 12.4. The molecule has 4 nitrogen and oxygen atoms in total. The molecule has 0 spiro atoms. The third-order valence-corrected chi connectivity index (χ3v) is 5.50. The van der Waals surface area contributed by atoms with E-state index in [1.165, 1.54) is 19.4 Å². The number of rotatable bonds is 3. The molecule has 4 heteroatoms. The summed E-state index contributed by atoms with van der Waals surface area (Å²) in [6, 6.07) is 3.60. The van der Waals surface area contributed by atoms with Crippen molar-refractivity contribution in [3.8, 4) is 0 Å². The number of pyridine rings is 1. The molecule has 1 aliphatic heterocycles. The minimum Gasteiger partial charge on any atom is -0.336 e. The van der Waals surface area contributed by atoms with Crippen LogP contribution in [0.2, 0.25) is 0 Å². The van der Waals surface area contributed by atoms with Crippen LogP contribution < -0.4 is 0 Å². The Bertz CT molecular complexity index is 563. The van der Waals surface area contributed by atoms with Crippen LogP contribution in [0.5, 0.6) is 0 Å². The van der Waals surface area contributed by atoms with Crippen LogP contribution in [-0.2, 0) is 0 Å². The van der Waals surface area contributed by atoms with Crippen molar-refractivity contribution in [3.63, 3.8) is 0 Å². The standard InChI is InChI=1S/C18H23N3O/c22-18(15-3-5-19-6-4-15)21-9-7-20(8-10-21)13-17-12-14-1-2-16(17)11-14/h1-6,14,16-17H,7-13H2/t14-,16+,17-/m1/s1. The maximum Gasteiger partial charge on any atom is 0.254 e. The second kappa shape index (κ2) is 5.84. The van der Waals surface area contributed by atoms with E-state index >= 15 is 0 Å². The molecule has 0 radical (unpaired) electrons. The van der Waals surface area contributed by atoms with Crippen LogP contribution in [0.3, 0.4) is 0 Å². The molecule has 116 valence electrons. The number of hydrogen-bond donors (Lipinski definition) is 0. The number of fused-ring (bicyclic) bond motifs is 2. The molecule has 4 rings (SSSR count). The molecule has 2 aliphatic carbocycles. The van der Waals surface area contributed by atoms with Gasteiger partial charge in [-0.3, -0.25) is 14.7 Å². The summed E-state index contributed by atoms with van der Waals surface area (Å²) >= 11 is 0. The van der Waals surface area contributed by atoms with Crippen LogP contribution in [0, 0.1) is 17.8 Å². The number of amides is 1. The smallest absolute Gasteiger partial charge is 0.254 e. The first-order valence-corrected chi connectivity index (χ1v) is 8.39. The molecule has 3 aliphatic rings. The Kier molecular flexibility index (Phi) is 3.70. The van der Waals surface area contributed by atoms with Crippen molar-refractivity contribution in [1.82, 2.24) is 14.8 Å². The van der Waals surface area contributed by atoms with E-state index in [2.05, 4.69) is 22.0 Å². The normalized spacial score (nSPS) is 30.9. The lowest BCUT2D eigenvalue weighted by Crippen LogP contribution is -2.50. The molecule has 1 aromatic heterocycles. The number of piperazine rings is 1. The largest absolute Gasteiger partial charge is 0.336 e. The zero-order chi connectivity index (χ0) is 14.9. The second-order valence-electron chi connectivity index (χ2n) is 6.87. The average Bonchev–Trinajstić information content (AvgIpc) is 3.19. The number of carbonyl (C=O) groups excluding carboxylic acids is 1. The van der Waals surface area contributed by atoms with Crippen molar-refractivity contribution in [3.05, 3.63) is 42.2 Å². The molecule has 2 fully saturated rings. The van der Waals surface area contributed by atoms with Crippen molar-refractivity contribution in [2.75, 3.05) is 32.7 Å². The minimum atomic E-state index is 0.143. The fourth-order valence-electron chi connectivity index (χ4n) is 4.25. The molecule has 0 aromatic carbocycles. The number of allylic oxidation sites excluding steroid dienone is 2. The van der Waals surface area contributed by atoms with E-state index in [1.54, 1.807) is 24.5 Å². The molecule has 1 aromatic rings. The van der Waals surface area contributed by atoms with Crippen LogP contribution in [-0.4, -0.2) is 53.4 Å². The van der Waals surface area contributed by atoms with Crippen molar-refractivity contribution >= 4 is 5.91 Å². The fourth-order valence-corrected chi connectivity index (χ4v) is 4.25. The lowest BCUT2D eigenvalue weighted by atomic mass is 9.93. The predicted octanol–water partition coefficient (Wildman–Crippen LogP) is 2.05. The van der Waals surface area contributed by atoms with Crippen molar-refractivity contribution < 1.29 is 4.79 Å². The van der Waals surface area contributed by atoms with E-state index in [-0.39, 0.29) is 5.91 Å². The van der Waals surface area contributed by atoms with Crippen LogP contribution >= 0.6 is 0 Å². The molecule has 1 saturated heterocycles. The first-order valence-electron chi connectivity index (χ1n) is 8.39. The maximum absolute atomic E-state index is 12.4. The molecule has 3 atom stereocenters. The van der Waals surface area contributed by atoms with Crippen LogP contribution in [0.25, 0.3) is 0 Å². The highest BCUT2D eigenvalue weighted by Gasteiger charge is 2.36. The van der Waals surface area contributed by atoms with Gasteiger partial charge in [0.25, 0.3) is 5.91 Å². The van der Waals surface area contributed by atoms with Gasteiger partial charge in [0, 0.05) is 50.7 Å². The van der Waals surface area contributed by atoms with Crippen molar-refractivity contribution in [2.24, 2.45) is 17.8 Å². The molecule has 2 bridgehead atoms. The highest BCUT2D eigenvalue weighted by atomic mass is 16.2. The molecular formula is C18H23N3O. The summed E-state index contributed by atoms with van der Waals surface area (Å²) < 4.78 is 0. The minimum absolute atomic E-state index is 0.143. The number of nitrogens with zero attached hydrogens (tertiary/aromatic N) is 3. The number of carbonyl (C=O) groups is 1. The average molecular weight is 297 g/mol. The van der Waals surface area contributed by atoms with Crippen molar-refractivity contribution in [1.29, 1.82) is 0 Å². The Hall–Kier alpha value is -1.68. The highest BCUT2D eigenvalue weighted by Crippen LogP contribution is 2.43. The van der Waals surface area contributed by atoms with Crippen LogP contribution in [0.4, 0.5) is 0 Å². The Morgan fingerprint density at radius 2 is 1.86 bits per heavy atom. The summed E-state index contributed by atoms with van der Waals surface area (Å²) in [5.74, 6) is 2.66. The number of hydrogen-bond acceptors (Lipinski definition) is 3. The topological polar surface area (TPSA) is 36.4 Å². The lowest BCUT2D eigenvalue weighted by molar-refractivity contribution is 0.0610. The molecule has 1 amide bonds. The van der Waals surface area contributed by atoms with Crippen LogP contribution in [0.15, 0.2) is 36.7 Å². The summed E-state index contributed by atoms with van der Waals surface area (Å²) in [7, 11) is 0. The van der Waals surface area contributed by atoms with Gasteiger partial charge < -0.3 is 4.90 Å². The third-order valence-electron chi connectivity index (χ3n) is 5.50. The first-order chi connectivity index (χ1) is 10.8. The van der Waals surface area contributed by atoms with E-state index in [9.17, 15) is 4.79 Å². The molecule has 1 saturated carbocycles. The number of aromatic nitrogens is 1. The zero-order valence-corrected chi connectivity index (χ0v) is 12.9. The van der Waals surface area contributed by atoms with Gasteiger partial charge in [0.15, 0.2) is 0 Å². The summed E-state index contributed by atoms with van der Waals surface area (Å²) in [4.78, 5) is 20.9. The Morgan fingerprint density at radius 1 is 1.09 bits per heavy atom. The summed E-state index contributed by atoms with van der Waals surface area (Å²) in [5.41, 5.74) is 0.752. The lowest BCUT2D eigenvalue weighted by Gasteiger charge is -2.37. The van der Waals surface area contributed by atoms with Gasteiger partial charge in [-0.2, -0.15) is 0 Å². The predicted molar refractivity (Wildman–Crippen MR) is 85.4 cm³/mol. The van der Waals surface area contributed by atoms with E-state index < -0.39 is 0 Å². The summed E-state index contributed by atoms with van der Waals surface area (Å²) in [6.07, 6.45) is 11.0. The monoisotopic (exact) mass is 297 g/mol. The Morgan fingerprint density at radius 3 is 2.50 bits per heavy atom. The Labute approximate surface area is 131 Å². The van der Waals surface area contributed by atoms with Gasteiger partial charge in [0.1, 0.15) is 0 Å². The molecule has 22 heavy (non-hydrogen) atoms.